The molecular formula is C21H30N4O2. The summed E-state index contributed by atoms with van der Waals surface area (Å²) in [6.45, 7) is 7.46. The van der Waals surface area contributed by atoms with E-state index in [9.17, 15) is 9.59 Å². The van der Waals surface area contributed by atoms with Gasteiger partial charge in [-0.1, -0.05) is 26.0 Å². The monoisotopic (exact) mass is 370 g/mol. The van der Waals surface area contributed by atoms with Gasteiger partial charge in [0, 0.05) is 39.0 Å². The predicted molar refractivity (Wildman–Crippen MR) is 106 cm³/mol. The molecule has 2 heterocycles. The highest BCUT2D eigenvalue weighted by Gasteiger charge is 2.36. The zero-order chi connectivity index (χ0) is 19.6. The van der Waals surface area contributed by atoms with Gasteiger partial charge in [-0.05, 0) is 31.4 Å². The number of aryl methyl sites for hydroxylation is 1. The van der Waals surface area contributed by atoms with Crippen LogP contribution in [0.3, 0.4) is 0 Å². The largest absolute Gasteiger partial charge is 0.355 e. The summed E-state index contributed by atoms with van der Waals surface area (Å²) < 4.78 is 2.08. The van der Waals surface area contributed by atoms with Gasteiger partial charge in [-0.3, -0.25) is 9.59 Å². The van der Waals surface area contributed by atoms with E-state index in [2.05, 4.69) is 34.8 Å². The van der Waals surface area contributed by atoms with Crippen LogP contribution >= 0.6 is 0 Å². The van der Waals surface area contributed by atoms with Crippen LogP contribution in [0.2, 0.25) is 0 Å². The van der Waals surface area contributed by atoms with Crippen LogP contribution < -0.4 is 5.32 Å². The molecule has 6 heteroatoms. The van der Waals surface area contributed by atoms with Crippen molar-refractivity contribution in [1.29, 1.82) is 0 Å². The normalized spacial score (nSPS) is 20.5. The molecule has 0 radical (unpaired) electrons. The number of hydrogen-bond donors (Lipinski definition) is 1. The number of benzene rings is 1. The summed E-state index contributed by atoms with van der Waals surface area (Å²) in [7, 11) is 2.01. The van der Waals surface area contributed by atoms with Crippen molar-refractivity contribution in [2.24, 2.45) is 18.9 Å². The zero-order valence-electron chi connectivity index (χ0n) is 16.7. The van der Waals surface area contributed by atoms with E-state index in [0.717, 1.165) is 16.9 Å². The highest BCUT2D eigenvalue weighted by molar-refractivity contribution is 5.84. The van der Waals surface area contributed by atoms with Gasteiger partial charge in [0.15, 0.2) is 0 Å². The van der Waals surface area contributed by atoms with Gasteiger partial charge in [-0.2, -0.15) is 0 Å². The van der Waals surface area contributed by atoms with Crippen LogP contribution in [0, 0.1) is 11.8 Å². The van der Waals surface area contributed by atoms with Gasteiger partial charge in [-0.15, -0.1) is 0 Å². The van der Waals surface area contributed by atoms with Crippen LogP contribution in [-0.2, 0) is 23.1 Å². The first-order valence-electron chi connectivity index (χ1n) is 9.86. The third kappa shape index (κ3) is 4.15. The molecule has 1 saturated heterocycles. The van der Waals surface area contributed by atoms with Crippen molar-refractivity contribution in [3.63, 3.8) is 0 Å². The van der Waals surface area contributed by atoms with Crippen LogP contribution in [-0.4, -0.2) is 45.4 Å². The van der Waals surface area contributed by atoms with Crippen LogP contribution in [0.1, 0.15) is 39.4 Å². The number of hydrogen-bond acceptors (Lipinski definition) is 3. The lowest BCUT2D eigenvalue weighted by Gasteiger charge is -2.39. The second-order valence-corrected chi connectivity index (χ2v) is 7.94. The summed E-state index contributed by atoms with van der Waals surface area (Å²) in [5.41, 5.74) is 2.08. The molecule has 0 aliphatic carbocycles. The molecule has 0 bridgehead atoms. The number of nitrogens with one attached hydrogen (secondary N) is 1. The van der Waals surface area contributed by atoms with Crippen molar-refractivity contribution in [2.75, 3.05) is 13.1 Å². The highest BCUT2D eigenvalue weighted by Crippen LogP contribution is 2.25. The number of fused-ring (bicyclic) bond motifs is 1. The Morgan fingerprint density at radius 2 is 2.07 bits per heavy atom. The van der Waals surface area contributed by atoms with Crippen LogP contribution in [0.4, 0.5) is 0 Å². The first-order chi connectivity index (χ1) is 12.9. The van der Waals surface area contributed by atoms with E-state index in [1.165, 1.54) is 0 Å². The number of imidazole rings is 1. The zero-order valence-corrected chi connectivity index (χ0v) is 16.7. The molecule has 1 aromatic heterocycles. The number of rotatable bonds is 6. The molecule has 0 unspecified atom stereocenters. The number of carbonyl (C=O) groups excluding carboxylic acids is 2. The summed E-state index contributed by atoms with van der Waals surface area (Å²) in [5, 5.41) is 3.06. The van der Waals surface area contributed by atoms with Gasteiger partial charge in [0.1, 0.15) is 5.82 Å². The molecule has 0 saturated carbocycles. The summed E-state index contributed by atoms with van der Waals surface area (Å²) in [4.78, 5) is 31.5. The number of amides is 2. The summed E-state index contributed by atoms with van der Waals surface area (Å²) in [6.07, 6.45) is 1.78. The van der Waals surface area contributed by atoms with Gasteiger partial charge in [0.05, 0.1) is 17.0 Å². The van der Waals surface area contributed by atoms with Crippen molar-refractivity contribution in [3.8, 4) is 0 Å². The average molecular weight is 370 g/mol. The third-order valence-electron chi connectivity index (χ3n) is 5.49. The summed E-state index contributed by atoms with van der Waals surface area (Å²) in [6, 6.07) is 7.99. The second-order valence-electron chi connectivity index (χ2n) is 7.94. The molecule has 1 aliphatic rings. The first kappa shape index (κ1) is 19.4. The maximum atomic E-state index is 12.7. The number of carbonyl (C=O) groups is 2. The quantitative estimate of drug-likeness (QED) is 0.850. The number of likely N-dealkylation sites (tertiary alicyclic amines) is 1. The Balaban J connectivity index is 1.58. The minimum Gasteiger partial charge on any atom is -0.355 e. The SMILES string of the molecule is CC(C)CN1C(=O)CC[C@@H](C(=O)NCCc2nc3ccccc3n2C)[C@H]1C. The molecular weight excluding hydrogens is 340 g/mol. The van der Waals surface area contributed by atoms with Crippen molar-refractivity contribution in [3.05, 3.63) is 30.1 Å². The molecule has 1 fully saturated rings. The van der Waals surface area contributed by atoms with E-state index >= 15 is 0 Å². The number of piperidine rings is 1. The van der Waals surface area contributed by atoms with Crippen LogP contribution in [0.25, 0.3) is 11.0 Å². The van der Waals surface area contributed by atoms with Crippen molar-refractivity contribution in [2.45, 2.75) is 46.1 Å². The summed E-state index contributed by atoms with van der Waals surface area (Å²) >= 11 is 0. The standard InChI is InChI=1S/C21H30N4O2/c1-14(2)13-25-15(3)16(9-10-20(25)26)21(27)22-12-11-19-23-17-7-5-6-8-18(17)24(19)4/h5-8,14-16H,9-13H2,1-4H3,(H,22,27)/t15-,16-/m1/s1. The molecule has 2 amide bonds. The first-order valence-corrected chi connectivity index (χ1v) is 9.86. The maximum Gasteiger partial charge on any atom is 0.225 e. The number of para-hydroxylation sites is 2. The fourth-order valence-corrected chi connectivity index (χ4v) is 3.97. The van der Waals surface area contributed by atoms with Crippen molar-refractivity contribution < 1.29 is 9.59 Å². The number of nitrogens with zero attached hydrogens (tertiary/aromatic N) is 3. The molecule has 6 nitrogen and oxygen atoms in total. The maximum absolute atomic E-state index is 12.7. The van der Waals surface area contributed by atoms with Gasteiger partial charge in [0.2, 0.25) is 11.8 Å². The predicted octanol–water partition coefficient (Wildman–Crippen LogP) is 2.52. The van der Waals surface area contributed by atoms with Gasteiger partial charge >= 0.3 is 0 Å². The Hall–Kier alpha value is -2.37. The summed E-state index contributed by atoms with van der Waals surface area (Å²) in [5.74, 6) is 1.44. The van der Waals surface area contributed by atoms with Crippen molar-refractivity contribution >= 4 is 22.8 Å². The molecule has 3 rings (SSSR count). The van der Waals surface area contributed by atoms with Crippen LogP contribution in [0.5, 0.6) is 0 Å². The Morgan fingerprint density at radius 3 is 2.78 bits per heavy atom. The Kier molecular flexibility index (Phi) is 5.82. The van der Waals surface area contributed by atoms with E-state index in [4.69, 9.17) is 0 Å². The Bertz CT molecular complexity index is 827. The van der Waals surface area contributed by atoms with Gasteiger partial charge in [0.25, 0.3) is 0 Å². The molecule has 27 heavy (non-hydrogen) atoms. The van der Waals surface area contributed by atoms with Crippen LogP contribution in [0.15, 0.2) is 24.3 Å². The van der Waals surface area contributed by atoms with Gasteiger partial charge < -0.3 is 14.8 Å². The molecule has 146 valence electrons. The van der Waals surface area contributed by atoms with E-state index in [-0.39, 0.29) is 23.8 Å². The molecule has 2 atom stereocenters. The van der Waals surface area contributed by atoms with E-state index < -0.39 is 0 Å². The molecule has 2 aromatic rings. The third-order valence-corrected chi connectivity index (χ3v) is 5.49. The lowest BCUT2D eigenvalue weighted by atomic mass is 9.88. The Morgan fingerprint density at radius 1 is 1.33 bits per heavy atom. The second kappa shape index (κ2) is 8.11. The lowest BCUT2D eigenvalue weighted by Crippen LogP contribution is -2.52. The fourth-order valence-electron chi connectivity index (χ4n) is 3.97. The Labute approximate surface area is 160 Å². The minimum absolute atomic E-state index is 0.0440. The van der Waals surface area contributed by atoms with E-state index in [0.29, 0.717) is 38.3 Å². The molecule has 0 spiro atoms. The minimum atomic E-state index is -0.137. The fraction of sp³-hybridized carbons (Fsp3) is 0.571. The van der Waals surface area contributed by atoms with E-state index in [1.54, 1.807) is 0 Å². The lowest BCUT2D eigenvalue weighted by molar-refractivity contribution is -0.142. The molecule has 1 aromatic carbocycles. The van der Waals surface area contributed by atoms with Gasteiger partial charge in [-0.25, -0.2) is 4.98 Å². The topological polar surface area (TPSA) is 67.2 Å². The molecule has 1 N–H and O–H groups in total. The average Bonchev–Trinajstić information content (AvgIpc) is 2.95. The van der Waals surface area contributed by atoms with E-state index in [1.807, 2.05) is 37.1 Å². The number of aromatic nitrogens is 2. The highest BCUT2D eigenvalue weighted by atomic mass is 16.2. The molecule has 1 aliphatic heterocycles. The van der Waals surface area contributed by atoms with Crippen molar-refractivity contribution in [1.82, 2.24) is 19.8 Å². The smallest absolute Gasteiger partial charge is 0.225 e.